The van der Waals surface area contributed by atoms with Crippen molar-refractivity contribution in [3.8, 4) is 0 Å². The van der Waals surface area contributed by atoms with Crippen LogP contribution in [-0.4, -0.2) is 16.8 Å². The standard InChI is InChI=1S/C17H15Cl2N3O4S3/c18-12-8-14(21-28(23,24)16-5-2-1-4-11(16)10-20)15(9-13(12)19)22-29(25,26)17-6-3-7-27-17/h1-9,21-22H,10,20H2. The van der Waals surface area contributed by atoms with E-state index in [1.54, 1.807) is 29.6 Å². The number of rotatable bonds is 7. The Labute approximate surface area is 182 Å². The highest BCUT2D eigenvalue weighted by Gasteiger charge is 2.23. The molecule has 0 amide bonds. The molecule has 7 nitrogen and oxygen atoms in total. The van der Waals surface area contributed by atoms with Crippen molar-refractivity contribution in [1.29, 1.82) is 0 Å². The molecule has 4 N–H and O–H groups in total. The molecule has 1 aromatic heterocycles. The van der Waals surface area contributed by atoms with Gasteiger partial charge >= 0.3 is 0 Å². The Balaban J connectivity index is 2.04. The number of nitrogens with one attached hydrogen (secondary N) is 2. The summed E-state index contributed by atoms with van der Waals surface area (Å²) in [5.41, 5.74) is 5.89. The van der Waals surface area contributed by atoms with Crippen LogP contribution in [0.3, 0.4) is 0 Å². The zero-order valence-electron chi connectivity index (χ0n) is 14.6. The molecular weight excluding hydrogens is 477 g/mol. The van der Waals surface area contributed by atoms with E-state index >= 15 is 0 Å². The molecule has 0 saturated heterocycles. The summed E-state index contributed by atoms with van der Waals surface area (Å²) in [6, 6.07) is 11.7. The highest BCUT2D eigenvalue weighted by Crippen LogP contribution is 2.35. The molecule has 3 rings (SSSR count). The second kappa shape index (κ2) is 8.50. The van der Waals surface area contributed by atoms with Gasteiger partial charge in [0.05, 0.1) is 26.3 Å². The molecule has 29 heavy (non-hydrogen) atoms. The lowest BCUT2D eigenvalue weighted by molar-refractivity contribution is 0.599. The van der Waals surface area contributed by atoms with Gasteiger partial charge in [0.15, 0.2) is 0 Å². The third-order valence-corrected chi connectivity index (χ3v) is 8.74. The van der Waals surface area contributed by atoms with Crippen molar-refractivity contribution in [1.82, 2.24) is 0 Å². The monoisotopic (exact) mass is 491 g/mol. The molecule has 0 radical (unpaired) electrons. The van der Waals surface area contributed by atoms with Gasteiger partial charge in [-0.15, -0.1) is 11.3 Å². The van der Waals surface area contributed by atoms with E-state index in [-0.39, 0.29) is 37.1 Å². The number of hydrogen-bond acceptors (Lipinski definition) is 6. The summed E-state index contributed by atoms with van der Waals surface area (Å²) in [7, 11) is -8.02. The fraction of sp³-hybridized carbons (Fsp3) is 0.0588. The third kappa shape index (κ3) is 4.85. The highest BCUT2D eigenvalue weighted by molar-refractivity contribution is 7.94. The van der Waals surface area contributed by atoms with Crippen LogP contribution in [0.1, 0.15) is 5.56 Å². The molecule has 1 heterocycles. The second-order valence-corrected chi connectivity index (χ2v) is 11.1. The van der Waals surface area contributed by atoms with Gasteiger partial charge in [0.2, 0.25) is 0 Å². The molecule has 0 aliphatic rings. The highest BCUT2D eigenvalue weighted by atomic mass is 35.5. The van der Waals surface area contributed by atoms with Crippen molar-refractivity contribution in [3.63, 3.8) is 0 Å². The molecular formula is C17H15Cl2N3O4S3. The summed E-state index contributed by atoms with van der Waals surface area (Å²) in [6.07, 6.45) is 0. The smallest absolute Gasteiger partial charge is 0.271 e. The maximum Gasteiger partial charge on any atom is 0.271 e. The SMILES string of the molecule is NCc1ccccc1S(=O)(=O)Nc1cc(Cl)c(Cl)cc1NS(=O)(=O)c1cccs1. The fourth-order valence-electron chi connectivity index (χ4n) is 2.46. The first kappa shape index (κ1) is 21.9. The Bertz CT molecular complexity index is 1240. The van der Waals surface area contributed by atoms with Gasteiger partial charge in [-0.3, -0.25) is 9.44 Å². The quantitative estimate of drug-likeness (QED) is 0.459. The number of hydrogen-bond donors (Lipinski definition) is 3. The first-order valence-corrected chi connectivity index (χ1v) is 12.6. The molecule has 12 heteroatoms. The number of nitrogens with two attached hydrogens (primary N) is 1. The molecule has 154 valence electrons. The molecule has 3 aromatic rings. The van der Waals surface area contributed by atoms with Crippen LogP contribution < -0.4 is 15.2 Å². The predicted octanol–water partition coefficient (Wildman–Crippen LogP) is 4.12. The van der Waals surface area contributed by atoms with Gasteiger partial charge in [-0.05, 0) is 35.2 Å². The molecule has 0 spiro atoms. The number of halogens is 2. The van der Waals surface area contributed by atoms with Crippen LogP contribution in [0.2, 0.25) is 10.0 Å². The molecule has 0 bridgehead atoms. The van der Waals surface area contributed by atoms with Crippen molar-refractivity contribution < 1.29 is 16.8 Å². The van der Waals surface area contributed by atoms with Crippen molar-refractivity contribution in [2.75, 3.05) is 9.44 Å². The van der Waals surface area contributed by atoms with Gasteiger partial charge < -0.3 is 5.73 Å². The third-order valence-electron chi connectivity index (χ3n) is 3.79. The minimum absolute atomic E-state index is 0.0102. The van der Waals surface area contributed by atoms with Crippen LogP contribution in [0.4, 0.5) is 11.4 Å². The summed E-state index contributed by atoms with van der Waals surface area (Å²) < 4.78 is 55.7. The average molecular weight is 492 g/mol. The summed E-state index contributed by atoms with van der Waals surface area (Å²) in [6.45, 7) is 0.0102. The Hall–Kier alpha value is -1.82. The first-order chi connectivity index (χ1) is 13.6. The van der Waals surface area contributed by atoms with E-state index < -0.39 is 20.0 Å². The van der Waals surface area contributed by atoms with E-state index in [4.69, 9.17) is 28.9 Å². The van der Waals surface area contributed by atoms with Gasteiger partial charge in [-0.2, -0.15) is 0 Å². The maximum absolute atomic E-state index is 12.9. The summed E-state index contributed by atoms with van der Waals surface area (Å²) in [4.78, 5) is -0.0272. The Kier molecular flexibility index (Phi) is 6.42. The Morgan fingerprint density at radius 3 is 2.00 bits per heavy atom. The van der Waals surface area contributed by atoms with Crippen molar-refractivity contribution in [2.24, 2.45) is 5.73 Å². The summed E-state index contributed by atoms with van der Waals surface area (Å²) in [5.74, 6) is 0. The normalized spacial score (nSPS) is 12.0. The van der Waals surface area contributed by atoms with Crippen molar-refractivity contribution in [2.45, 2.75) is 15.6 Å². The Morgan fingerprint density at radius 2 is 1.45 bits per heavy atom. The minimum Gasteiger partial charge on any atom is -0.326 e. The van der Waals surface area contributed by atoms with Crippen molar-refractivity contribution >= 4 is 66.0 Å². The van der Waals surface area contributed by atoms with Crippen LogP contribution in [-0.2, 0) is 26.6 Å². The molecule has 0 unspecified atom stereocenters. The number of benzene rings is 2. The van der Waals surface area contributed by atoms with Gasteiger partial charge in [0.25, 0.3) is 20.0 Å². The van der Waals surface area contributed by atoms with E-state index in [1.165, 1.54) is 24.3 Å². The molecule has 2 aromatic carbocycles. The van der Waals surface area contributed by atoms with E-state index in [0.29, 0.717) is 5.56 Å². The summed E-state index contributed by atoms with van der Waals surface area (Å²) >= 11 is 13.1. The van der Waals surface area contributed by atoms with E-state index in [0.717, 1.165) is 11.3 Å². The van der Waals surface area contributed by atoms with Crippen LogP contribution >= 0.6 is 34.5 Å². The molecule has 0 aliphatic carbocycles. The topological polar surface area (TPSA) is 118 Å². The van der Waals surface area contributed by atoms with Gasteiger partial charge in [0, 0.05) is 6.54 Å². The largest absolute Gasteiger partial charge is 0.326 e. The number of sulfonamides is 2. The summed E-state index contributed by atoms with van der Waals surface area (Å²) in [5, 5.41) is 1.72. The fourth-order valence-corrected chi connectivity index (χ4v) is 6.17. The molecule has 0 saturated carbocycles. The van der Waals surface area contributed by atoms with Gasteiger partial charge in [-0.1, -0.05) is 47.5 Å². The van der Waals surface area contributed by atoms with Crippen LogP contribution in [0.5, 0.6) is 0 Å². The second-order valence-electron chi connectivity index (χ2n) is 5.77. The zero-order valence-corrected chi connectivity index (χ0v) is 18.6. The Morgan fingerprint density at radius 1 is 0.862 bits per heavy atom. The zero-order chi connectivity index (χ0) is 21.2. The van der Waals surface area contributed by atoms with E-state index in [2.05, 4.69) is 9.44 Å². The average Bonchev–Trinajstić information content (AvgIpc) is 3.21. The lowest BCUT2D eigenvalue weighted by Gasteiger charge is -2.16. The van der Waals surface area contributed by atoms with Crippen LogP contribution in [0.25, 0.3) is 0 Å². The predicted molar refractivity (Wildman–Crippen MR) is 117 cm³/mol. The van der Waals surface area contributed by atoms with E-state index in [1.807, 2.05) is 0 Å². The number of anilines is 2. The van der Waals surface area contributed by atoms with Gasteiger partial charge in [-0.25, -0.2) is 16.8 Å². The first-order valence-electron chi connectivity index (χ1n) is 8.00. The van der Waals surface area contributed by atoms with Crippen LogP contribution in [0.15, 0.2) is 63.0 Å². The molecule has 0 atom stereocenters. The minimum atomic E-state index is -4.08. The van der Waals surface area contributed by atoms with Crippen LogP contribution in [0, 0.1) is 0 Å². The van der Waals surface area contributed by atoms with Crippen molar-refractivity contribution in [3.05, 3.63) is 69.5 Å². The van der Waals surface area contributed by atoms with E-state index in [9.17, 15) is 16.8 Å². The lowest BCUT2D eigenvalue weighted by atomic mass is 10.2. The maximum atomic E-state index is 12.9. The lowest BCUT2D eigenvalue weighted by Crippen LogP contribution is -2.19. The number of thiophene rings is 1. The van der Waals surface area contributed by atoms with Gasteiger partial charge in [0.1, 0.15) is 4.21 Å². The molecule has 0 aliphatic heterocycles. The molecule has 0 fully saturated rings.